The molecule has 0 saturated carbocycles. The van der Waals surface area contributed by atoms with Crippen molar-refractivity contribution >= 4 is 11.8 Å². The van der Waals surface area contributed by atoms with Crippen LogP contribution < -0.4 is 10.1 Å². The van der Waals surface area contributed by atoms with Crippen LogP contribution in [0.3, 0.4) is 0 Å². The van der Waals surface area contributed by atoms with E-state index < -0.39 is 5.54 Å². The van der Waals surface area contributed by atoms with Gasteiger partial charge in [-0.25, -0.2) is 0 Å². The highest BCUT2D eigenvalue weighted by Gasteiger charge is 2.46. The van der Waals surface area contributed by atoms with Gasteiger partial charge in [0.2, 0.25) is 11.8 Å². The lowest BCUT2D eigenvalue weighted by Crippen LogP contribution is -2.55. The minimum Gasteiger partial charge on any atom is -0.494 e. The fourth-order valence-electron chi connectivity index (χ4n) is 3.27. The lowest BCUT2D eigenvalue weighted by atomic mass is 9.97. The van der Waals surface area contributed by atoms with Crippen molar-refractivity contribution < 1.29 is 19.1 Å². The van der Waals surface area contributed by atoms with Crippen molar-refractivity contribution in [1.29, 1.82) is 0 Å². The molecule has 2 rings (SSSR count). The zero-order valence-corrected chi connectivity index (χ0v) is 16.0. The molecular formula is C20H30N2O4. The second kappa shape index (κ2) is 9.57. The van der Waals surface area contributed by atoms with Gasteiger partial charge in [0, 0.05) is 33.2 Å². The second-order valence-corrected chi connectivity index (χ2v) is 6.75. The molecule has 1 aromatic carbocycles. The molecule has 0 radical (unpaired) electrons. The first-order valence-corrected chi connectivity index (χ1v) is 9.30. The molecule has 0 unspecified atom stereocenters. The Bertz CT molecular complexity index is 602. The van der Waals surface area contributed by atoms with Crippen LogP contribution in [0.1, 0.15) is 38.7 Å². The van der Waals surface area contributed by atoms with Crippen molar-refractivity contribution in [1.82, 2.24) is 10.2 Å². The summed E-state index contributed by atoms with van der Waals surface area (Å²) in [4.78, 5) is 26.7. The summed E-state index contributed by atoms with van der Waals surface area (Å²) >= 11 is 0. The molecule has 6 heteroatoms. The molecule has 0 spiro atoms. The lowest BCUT2D eigenvalue weighted by molar-refractivity contribution is -0.140. The summed E-state index contributed by atoms with van der Waals surface area (Å²) in [5, 5.41) is 2.94. The van der Waals surface area contributed by atoms with Gasteiger partial charge in [-0.05, 0) is 50.8 Å². The number of methoxy groups -OCH3 is 1. The van der Waals surface area contributed by atoms with Gasteiger partial charge < -0.3 is 19.7 Å². The van der Waals surface area contributed by atoms with Gasteiger partial charge in [-0.2, -0.15) is 0 Å². The maximum absolute atomic E-state index is 12.7. The Morgan fingerprint density at radius 3 is 2.69 bits per heavy atom. The topological polar surface area (TPSA) is 67.9 Å². The maximum Gasteiger partial charge on any atom is 0.245 e. The third kappa shape index (κ3) is 4.97. The summed E-state index contributed by atoms with van der Waals surface area (Å²) in [6.07, 6.45) is 2.46. The van der Waals surface area contributed by atoms with Crippen LogP contribution >= 0.6 is 0 Å². The van der Waals surface area contributed by atoms with Crippen LogP contribution in [0.2, 0.25) is 0 Å². The Hall–Kier alpha value is -2.08. The van der Waals surface area contributed by atoms with Crippen molar-refractivity contribution in [3.8, 4) is 5.75 Å². The van der Waals surface area contributed by atoms with Gasteiger partial charge in [0.25, 0.3) is 0 Å². The number of benzene rings is 1. The monoisotopic (exact) mass is 362 g/mol. The zero-order chi connectivity index (χ0) is 19.0. The molecule has 0 aromatic heterocycles. The minimum atomic E-state index is -0.768. The van der Waals surface area contributed by atoms with Gasteiger partial charge >= 0.3 is 0 Å². The predicted octanol–water partition coefficient (Wildman–Crippen LogP) is 2.16. The van der Waals surface area contributed by atoms with Crippen molar-refractivity contribution in [3.05, 3.63) is 29.8 Å². The van der Waals surface area contributed by atoms with E-state index in [0.717, 1.165) is 17.7 Å². The molecule has 1 heterocycles. The van der Waals surface area contributed by atoms with E-state index in [2.05, 4.69) is 5.32 Å². The summed E-state index contributed by atoms with van der Waals surface area (Å²) in [5.41, 5.74) is 0.353. The van der Waals surface area contributed by atoms with Crippen molar-refractivity contribution in [3.63, 3.8) is 0 Å². The van der Waals surface area contributed by atoms with Crippen molar-refractivity contribution in [2.45, 2.75) is 45.1 Å². The fraction of sp³-hybridized carbons (Fsp3) is 0.600. The van der Waals surface area contributed by atoms with Gasteiger partial charge in [-0.15, -0.1) is 0 Å². The fourth-order valence-corrected chi connectivity index (χ4v) is 3.27. The quantitative estimate of drug-likeness (QED) is 0.648. The minimum absolute atomic E-state index is 0.0467. The molecule has 1 aliphatic rings. The number of likely N-dealkylation sites (tertiary alicyclic amines) is 1. The van der Waals surface area contributed by atoms with E-state index in [1.54, 1.807) is 12.0 Å². The summed E-state index contributed by atoms with van der Waals surface area (Å²) in [5.74, 6) is 0.811. The van der Waals surface area contributed by atoms with Crippen LogP contribution in [-0.4, -0.2) is 55.7 Å². The van der Waals surface area contributed by atoms with Crippen molar-refractivity contribution in [2.75, 3.05) is 33.4 Å². The number of hydrogen-bond acceptors (Lipinski definition) is 4. The highest BCUT2D eigenvalue weighted by Crippen LogP contribution is 2.30. The van der Waals surface area contributed by atoms with Gasteiger partial charge in [-0.1, -0.05) is 12.1 Å². The molecule has 2 amide bonds. The van der Waals surface area contributed by atoms with Crippen LogP contribution in [0.15, 0.2) is 24.3 Å². The molecule has 1 saturated heterocycles. The van der Waals surface area contributed by atoms with Crippen LogP contribution in [0.4, 0.5) is 0 Å². The summed E-state index contributed by atoms with van der Waals surface area (Å²) in [6, 6.07) is 7.89. The Morgan fingerprint density at radius 2 is 2.04 bits per heavy atom. The summed E-state index contributed by atoms with van der Waals surface area (Å²) in [6.45, 7) is 6.16. The number of nitrogens with zero attached hydrogens (tertiary/aromatic N) is 1. The molecular weight excluding hydrogens is 332 g/mol. The smallest absolute Gasteiger partial charge is 0.245 e. The van der Waals surface area contributed by atoms with Crippen molar-refractivity contribution in [2.24, 2.45) is 0 Å². The van der Waals surface area contributed by atoms with Crippen LogP contribution in [-0.2, 0) is 20.7 Å². The SMILES string of the molecule is CCOc1ccc(CCN2C(=O)CC[C@@]2(C)C(=O)NCCCOC)cc1. The zero-order valence-electron chi connectivity index (χ0n) is 16.0. The van der Waals surface area contributed by atoms with E-state index in [9.17, 15) is 9.59 Å². The van der Waals surface area contributed by atoms with E-state index in [0.29, 0.717) is 45.6 Å². The standard InChI is InChI=1S/C20H30N2O4/c1-4-26-17-8-6-16(7-9-17)11-14-22-18(23)10-12-20(22,2)19(24)21-13-5-15-25-3/h6-9H,4-5,10-15H2,1-3H3,(H,21,24)/t20-/m0/s1. The number of carbonyl (C=O) groups is 2. The third-order valence-corrected chi connectivity index (χ3v) is 4.88. The van der Waals surface area contributed by atoms with E-state index in [-0.39, 0.29) is 11.8 Å². The molecule has 1 aliphatic heterocycles. The van der Waals surface area contributed by atoms with Crippen LogP contribution in [0, 0.1) is 0 Å². The first-order chi connectivity index (χ1) is 12.5. The highest BCUT2D eigenvalue weighted by molar-refractivity contribution is 5.94. The molecule has 1 aromatic rings. The third-order valence-electron chi connectivity index (χ3n) is 4.88. The Balaban J connectivity index is 1.94. The highest BCUT2D eigenvalue weighted by atomic mass is 16.5. The predicted molar refractivity (Wildman–Crippen MR) is 100 cm³/mol. The first kappa shape index (κ1) is 20.2. The Labute approximate surface area is 155 Å². The van der Waals surface area contributed by atoms with E-state index in [4.69, 9.17) is 9.47 Å². The van der Waals surface area contributed by atoms with E-state index in [1.807, 2.05) is 38.1 Å². The molecule has 0 aliphatic carbocycles. The maximum atomic E-state index is 12.7. The summed E-state index contributed by atoms with van der Waals surface area (Å²) < 4.78 is 10.4. The normalized spacial score (nSPS) is 19.7. The Morgan fingerprint density at radius 1 is 1.31 bits per heavy atom. The van der Waals surface area contributed by atoms with E-state index in [1.165, 1.54) is 0 Å². The number of amides is 2. The second-order valence-electron chi connectivity index (χ2n) is 6.75. The molecule has 1 fully saturated rings. The molecule has 1 N–H and O–H groups in total. The molecule has 0 bridgehead atoms. The van der Waals surface area contributed by atoms with Gasteiger partial charge in [0.15, 0.2) is 0 Å². The average molecular weight is 362 g/mol. The largest absolute Gasteiger partial charge is 0.494 e. The molecule has 144 valence electrons. The number of carbonyl (C=O) groups excluding carboxylic acids is 2. The van der Waals surface area contributed by atoms with E-state index >= 15 is 0 Å². The summed E-state index contributed by atoms with van der Waals surface area (Å²) in [7, 11) is 1.64. The molecule has 6 nitrogen and oxygen atoms in total. The average Bonchev–Trinajstić information content (AvgIpc) is 2.94. The number of ether oxygens (including phenoxy) is 2. The lowest BCUT2D eigenvalue weighted by Gasteiger charge is -2.34. The van der Waals surface area contributed by atoms with Gasteiger partial charge in [0.05, 0.1) is 6.61 Å². The van der Waals surface area contributed by atoms with Gasteiger partial charge in [0.1, 0.15) is 11.3 Å². The molecule has 26 heavy (non-hydrogen) atoms. The number of hydrogen-bond donors (Lipinski definition) is 1. The number of rotatable bonds is 10. The van der Waals surface area contributed by atoms with Crippen LogP contribution in [0.5, 0.6) is 5.75 Å². The molecule has 1 atom stereocenters. The van der Waals surface area contributed by atoms with Crippen LogP contribution in [0.25, 0.3) is 0 Å². The van der Waals surface area contributed by atoms with Gasteiger partial charge in [-0.3, -0.25) is 9.59 Å². The Kier molecular flexibility index (Phi) is 7.45. The number of nitrogens with one attached hydrogen (secondary N) is 1. The first-order valence-electron chi connectivity index (χ1n) is 9.30.